The van der Waals surface area contributed by atoms with E-state index in [-0.39, 0.29) is 6.04 Å². The Morgan fingerprint density at radius 3 is 2.94 bits per heavy atom. The normalized spacial score (nSPS) is 16.8. The number of nitrogens with one attached hydrogen (secondary N) is 1. The molecule has 1 aromatic rings. The van der Waals surface area contributed by atoms with E-state index in [0.29, 0.717) is 0 Å². The number of hydrazine groups is 1. The minimum absolute atomic E-state index is 0.0924. The summed E-state index contributed by atoms with van der Waals surface area (Å²) >= 11 is 0. The number of ether oxygens (including phenoxy) is 1. The number of hydrogen-bond donors (Lipinski definition) is 2. The molecule has 0 bridgehead atoms. The van der Waals surface area contributed by atoms with Gasteiger partial charge in [0.2, 0.25) is 0 Å². The minimum Gasteiger partial charge on any atom is -0.496 e. The average molecular weight is 236 g/mol. The number of aromatic nitrogens is 2. The maximum atomic E-state index is 5.65. The highest BCUT2D eigenvalue weighted by Crippen LogP contribution is 2.26. The van der Waals surface area contributed by atoms with Gasteiger partial charge in [0.1, 0.15) is 11.8 Å². The highest BCUT2D eigenvalue weighted by molar-refractivity contribution is 5.23. The molecule has 5 heteroatoms. The lowest BCUT2D eigenvalue weighted by atomic mass is 10.1. The first kappa shape index (κ1) is 12.1. The summed E-state index contributed by atoms with van der Waals surface area (Å²) in [6, 6.07) is 2.00. The molecule has 2 heterocycles. The van der Waals surface area contributed by atoms with Crippen molar-refractivity contribution in [1.82, 2.24) is 15.2 Å². The molecule has 0 saturated carbocycles. The molecule has 1 atom stereocenters. The van der Waals surface area contributed by atoms with Crippen LogP contribution in [0.4, 0.5) is 0 Å². The summed E-state index contributed by atoms with van der Waals surface area (Å²) in [5, 5.41) is 4.53. The van der Waals surface area contributed by atoms with E-state index in [9.17, 15) is 0 Å². The highest BCUT2D eigenvalue weighted by Gasteiger charge is 2.23. The maximum Gasteiger partial charge on any atom is 0.120 e. The molecule has 5 nitrogen and oxygen atoms in total. The van der Waals surface area contributed by atoms with Crippen molar-refractivity contribution in [3.63, 3.8) is 0 Å². The average Bonchev–Trinajstić information content (AvgIpc) is 2.99. The van der Waals surface area contributed by atoms with E-state index >= 15 is 0 Å². The van der Waals surface area contributed by atoms with E-state index in [0.717, 1.165) is 43.1 Å². The van der Waals surface area contributed by atoms with Crippen molar-refractivity contribution in [1.29, 1.82) is 0 Å². The number of rotatable bonds is 5. The number of nitrogens with two attached hydrogens (primary N) is 1. The Hall–Kier alpha value is -1.33. The lowest BCUT2D eigenvalue weighted by molar-refractivity contribution is 0.213. The fraction of sp³-hybridized carbons (Fsp3) is 0.583. The highest BCUT2D eigenvalue weighted by atomic mass is 16.5. The molecule has 0 saturated heterocycles. The molecule has 0 radical (unpaired) electrons. The molecule has 0 aromatic carbocycles. The smallest absolute Gasteiger partial charge is 0.120 e. The van der Waals surface area contributed by atoms with Gasteiger partial charge in [-0.2, -0.15) is 5.10 Å². The van der Waals surface area contributed by atoms with E-state index in [1.165, 1.54) is 0 Å². The van der Waals surface area contributed by atoms with Crippen molar-refractivity contribution in [2.75, 3.05) is 6.61 Å². The van der Waals surface area contributed by atoms with Gasteiger partial charge in [0.15, 0.2) is 0 Å². The third kappa shape index (κ3) is 2.35. The van der Waals surface area contributed by atoms with E-state index in [1.807, 2.05) is 4.68 Å². The van der Waals surface area contributed by atoms with Crippen molar-refractivity contribution >= 4 is 0 Å². The first-order valence-electron chi connectivity index (χ1n) is 6.15. The standard InChI is InChI=1S/C12H20N4O/c1-3-9-8-10(16(4-2)15-9)12(14-13)11-6-5-7-17-11/h6,8,12,14H,3-5,7,13H2,1-2H3. The van der Waals surface area contributed by atoms with Crippen LogP contribution < -0.4 is 11.3 Å². The quantitative estimate of drug-likeness (QED) is 0.597. The molecule has 2 rings (SSSR count). The lowest BCUT2D eigenvalue weighted by Crippen LogP contribution is -2.31. The van der Waals surface area contributed by atoms with Crippen LogP contribution in [0.2, 0.25) is 0 Å². The van der Waals surface area contributed by atoms with E-state index < -0.39 is 0 Å². The zero-order valence-electron chi connectivity index (χ0n) is 10.4. The molecule has 1 unspecified atom stereocenters. The van der Waals surface area contributed by atoms with Crippen LogP contribution >= 0.6 is 0 Å². The Balaban J connectivity index is 2.32. The molecule has 1 aliphatic heterocycles. The molecule has 17 heavy (non-hydrogen) atoms. The van der Waals surface area contributed by atoms with Gasteiger partial charge in [-0.05, 0) is 25.5 Å². The third-order valence-corrected chi connectivity index (χ3v) is 3.00. The van der Waals surface area contributed by atoms with Gasteiger partial charge in [0, 0.05) is 13.0 Å². The molecule has 1 aromatic heterocycles. The lowest BCUT2D eigenvalue weighted by Gasteiger charge is -2.18. The topological polar surface area (TPSA) is 65.1 Å². The van der Waals surface area contributed by atoms with Gasteiger partial charge in [0.05, 0.1) is 18.0 Å². The summed E-state index contributed by atoms with van der Waals surface area (Å²) < 4.78 is 7.56. The largest absolute Gasteiger partial charge is 0.496 e. The first-order chi connectivity index (χ1) is 8.30. The predicted molar refractivity (Wildman–Crippen MR) is 66.0 cm³/mol. The van der Waals surface area contributed by atoms with Crippen LogP contribution in [0, 0.1) is 0 Å². The van der Waals surface area contributed by atoms with Crippen LogP contribution in [-0.4, -0.2) is 16.4 Å². The van der Waals surface area contributed by atoms with Crippen LogP contribution in [-0.2, 0) is 17.7 Å². The Morgan fingerprint density at radius 2 is 2.41 bits per heavy atom. The van der Waals surface area contributed by atoms with Gasteiger partial charge in [-0.15, -0.1) is 0 Å². The van der Waals surface area contributed by atoms with E-state index in [1.54, 1.807) is 0 Å². The van der Waals surface area contributed by atoms with Crippen molar-refractivity contribution in [2.45, 2.75) is 39.3 Å². The van der Waals surface area contributed by atoms with Crippen LogP contribution in [0.5, 0.6) is 0 Å². The summed E-state index contributed by atoms with van der Waals surface area (Å²) in [7, 11) is 0. The molecular formula is C12H20N4O. The molecular weight excluding hydrogens is 216 g/mol. The second-order valence-electron chi connectivity index (χ2n) is 4.07. The predicted octanol–water partition coefficient (Wildman–Crippen LogP) is 1.27. The molecule has 3 N–H and O–H groups in total. The minimum atomic E-state index is -0.0924. The summed E-state index contributed by atoms with van der Waals surface area (Å²) in [4.78, 5) is 0. The van der Waals surface area contributed by atoms with Crippen molar-refractivity contribution in [3.05, 3.63) is 29.3 Å². The summed E-state index contributed by atoms with van der Waals surface area (Å²) in [6.45, 7) is 5.75. The van der Waals surface area contributed by atoms with Gasteiger partial charge in [-0.1, -0.05) is 6.92 Å². The monoisotopic (exact) mass is 236 g/mol. The van der Waals surface area contributed by atoms with Gasteiger partial charge >= 0.3 is 0 Å². The van der Waals surface area contributed by atoms with Crippen LogP contribution in [0.1, 0.15) is 37.7 Å². The molecule has 0 aliphatic carbocycles. The summed E-state index contributed by atoms with van der Waals surface area (Å²) in [6.07, 6.45) is 3.97. The molecule has 1 aliphatic rings. The zero-order valence-corrected chi connectivity index (χ0v) is 10.4. The fourth-order valence-electron chi connectivity index (χ4n) is 2.10. The number of hydrogen-bond acceptors (Lipinski definition) is 4. The van der Waals surface area contributed by atoms with Gasteiger partial charge < -0.3 is 4.74 Å². The molecule has 94 valence electrons. The Morgan fingerprint density at radius 1 is 1.59 bits per heavy atom. The van der Waals surface area contributed by atoms with Gasteiger partial charge in [-0.25, -0.2) is 5.43 Å². The molecule has 0 spiro atoms. The van der Waals surface area contributed by atoms with Crippen molar-refractivity contribution in [2.24, 2.45) is 5.84 Å². The Labute approximate surface area is 102 Å². The third-order valence-electron chi connectivity index (χ3n) is 3.00. The van der Waals surface area contributed by atoms with E-state index in [4.69, 9.17) is 10.6 Å². The van der Waals surface area contributed by atoms with Crippen LogP contribution in [0.25, 0.3) is 0 Å². The van der Waals surface area contributed by atoms with E-state index in [2.05, 4.69) is 36.5 Å². The zero-order chi connectivity index (χ0) is 12.3. The van der Waals surface area contributed by atoms with Crippen LogP contribution in [0.3, 0.4) is 0 Å². The number of nitrogens with zero attached hydrogens (tertiary/aromatic N) is 2. The second kappa shape index (κ2) is 5.33. The van der Waals surface area contributed by atoms with Crippen LogP contribution in [0.15, 0.2) is 17.9 Å². The maximum absolute atomic E-state index is 5.65. The SMILES string of the molecule is CCc1cc(C(NN)C2=CCCO2)n(CC)n1. The first-order valence-corrected chi connectivity index (χ1v) is 6.15. The van der Waals surface area contributed by atoms with Crippen molar-refractivity contribution < 1.29 is 4.74 Å². The number of aryl methyl sites for hydroxylation is 2. The molecule has 0 fully saturated rings. The summed E-state index contributed by atoms with van der Waals surface area (Å²) in [5.41, 5.74) is 4.97. The Bertz CT molecular complexity index is 411. The van der Waals surface area contributed by atoms with Crippen molar-refractivity contribution in [3.8, 4) is 0 Å². The Kier molecular flexibility index (Phi) is 3.81. The van der Waals surface area contributed by atoms with Gasteiger partial charge in [-0.3, -0.25) is 10.5 Å². The summed E-state index contributed by atoms with van der Waals surface area (Å²) in [5.74, 6) is 6.55. The fourth-order valence-corrected chi connectivity index (χ4v) is 2.10. The van der Waals surface area contributed by atoms with Gasteiger partial charge in [0.25, 0.3) is 0 Å². The second-order valence-corrected chi connectivity index (χ2v) is 4.07. The molecule has 0 amide bonds.